The molecular weight excluding hydrogens is 370 g/mol. The molecule has 0 radical (unpaired) electrons. The van der Waals surface area contributed by atoms with Crippen molar-refractivity contribution in [3.63, 3.8) is 0 Å². The molecule has 3 rings (SSSR count). The average Bonchev–Trinajstić information content (AvgIpc) is 3.32. The van der Waals surface area contributed by atoms with Crippen molar-refractivity contribution in [2.75, 3.05) is 11.9 Å². The van der Waals surface area contributed by atoms with Crippen LogP contribution in [0.2, 0.25) is 0 Å². The molecule has 0 spiro atoms. The lowest BCUT2D eigenvalue weighted by atomic mass is 9.92. The second kappa shape index (κ2) is 7.27. The molecule has 0 unspecified atom stereocenters. The summed E-state index contributed by atoms with van der Waals surface area (Å²) in [5.41, 5.74) is 0.813. The Morgan fingerprint density at radius 3 is 2.78 bits per heavy atom. The highest BCUT2D eigenvalue weighted by atomic mass is 32.1. The Morgan fingerprint density at radius 1 is 1.37 bits per heavy atom. The maximum absolute atomic E-state index is 12.1. The number of esters is 1. The molecule has 0 aliphatic heterocycles. The standard InChI is InChI=1S/C16H19N7O3S/c1-16(2,3)10-5-11(23(4)22-10)20-12(24)6-26-15(25)9-7-27-14(19-9)13-17-8-18-21-13/h5,7-8H,6H2,1-4H3,(H,20,24)(H,17,18,21). The van der Waals surface area contributed by atoms with Crippen LogP contribution in [0.4, 0.5) is 5.82 Å². The molecule has 0 fully saturated rings. The fraction of sp³-hybridized carbons (Fsp3) is 0.375. The van der Waals surface area contributed by atoms with Crippen molar-refractivity contribution in [1.29, 1.82) is 0 Å². The molecule has 3 aromatic heterocycles. The van der Waals surface area contributed by atoms with Gasteiger partial charge in [0.15, 0.2) is 23.1 Å². The van der Waals surface area contributed by atoms with Crippen LogP contribution < -0.4 is 5.32 Å². The van der Waals surface area contributed by atoms with Gasteiger partial charge < -0.3 is 10.1 Å². The van der Waals surface area contributed by atoms with Gasteiger partial charge in [-0.05, 0) is 0 Å². The quantitative estimate of drug-likeness (QED) is 0.636. The first kappa shape index (κ1) is 18.7. The van der Waals surface area contributed by atoms with E-state index in [1.54, 1.807) is 17.8 Å². The fourth-order valence-corrected chi connectivity index (χ4v) is 2.85. The monoisotopic (exact) mass is 389 g/mol. The molecule has 0 aliphatic carbocycles. The van der Waals surface area contributed by atoms with Gasteiger partial charge in [0.2, 0.25) is 0 Å². The number of H-pyrrole nitrogens is 1. The third-order valence-corrected chi connectivity index (χ3v) is 4.43. The molecule has 0 bridgehead atoms. The number of hydrogen-bond acceptors (Lipinski definition) is 8. The lowest BCUT2D eigenvalue weighted by Crippen LogP contribution is -2.22. The van der Waals surface area contributed by atoms with E-state index in [0.29, 0.717) is 16.6 Å². The minimum Gasteiger partial charge on any atom is -0.451 e. The highest BCUT2D eigenvalue weighted by Crippen LogP contribution is 2.23. The molecule has 142 valence electrons. The van der Waals surface area contributed by atoms with Crippen LogP contribution in [0.1, 0.15) is 37.0 Å². The SMILES string of the molecule is Cn1nc(C(C)(C)C)cc1NC(=O)COC(=O)c1csc(-c2ncn[nH]2)n1. The topological polar surface area (TPSA) is 128 Å². The number of carbonyl (C=O) groups is 2. The Kier molecular flexibility index (Phi) is 5.04. The second-order valence-corrected chi connectivity index (χ2v) is 7.64. The molecule has 11 heteroatoms. The summed E-state index contributed by atoms with van der Waals surface area (Å²) in [6.45, 7) is 5.67. The molecule has 0 aromatic carbocycles. The van der Waals surface area contributed by atoms with Crippen LogP contribution in [-0.4, -0.2) is 48.4 Å². The Bertz CT molecular complexity index is 953. The van der Waals surface area contributed by atoms with E-state index < -0.39 is 18.5 Å². The van der Waals surface area contributed by atoms with Gasteiger partial charge in [-0.3, -0.25) is 14.6 Å². The number of thiazole rings is 1. The van der Waals surface area contributed by atoms with Crippen molar-refractivity contribution < 1.29 is 14.3 Å². The van der Waals surface area contributed by atoms with Gasteiger partial charge in [-0.25, -0.2) is 14.8 Å². The maximum Gasteiger partial charge on any atom is 0.358 e. The highest BCUT2D eigenvalue weighted by molar-refractivity contribution is 7.13. The van der Waals surface area contributed by atoms with Crippen LogP contribution in [-0.2, 0) is 22.0 Å². The summed E-state index contributed by atoms with van der Waals surface area (Å²) in [6.07, 6.45) is 1.35. The van der Waals surface area contributed by atoms with E-state index in [-0.39, 0.29) is 11.1 Å². The van der Waals surface area contributed by atoms with Gasteiger partial charge in [0.1, 0.15) is 12.1 Å². The fourth-order valence-electron chi connectivity index (χ4n) is 2.12. The van der Waals surface area contributed by atoms with E-state index >= 15 is 0 Å². The Labute approximate surface area is 159 Å². The lowest BCUT2D eigenvalue weighted by Gasteiger charge is -2.13. The summed E-state index contributed by atoms with van der Waals surface area (Å²) >= 11 is 1.22. The van der Waals surface area contributed by atoms with Crippen LogP contribution in [0, 0.1) is 0 Å². The maximum atomic E-state index is 12.1. The largest absolute Gasteiger partial charge is 0.451 e. The van der Waals surface area contributed by atoms with Crippen LogP contribution in [0.15, 0.2) is 17.8 Å². The van der Waals surface area contributed by atoms with Crippen molar-refractivity contribution in [3.8, 4) is 10.8 Å². The van der Waals surface area contributed by atoms with E-state index in [1.165, 1.54) is 23.0 Å². The van der Waals surface area contributed by atoms with Crippen molar-refractivity contribution in [1.82, 2.24) is 29.9 Å². The second-order valence-electron chi connectivity index (χ2n) is 6.78. The molecule has 0 atom stereocenters. The highest BCUT2D eigenvalue weighted by Gasteiger charge is 2.20. The predicted molar refractivity (Wildman–Crippen MR) is 98.3 cm³/mol. The molecule has 10 nitrogen and oxygen atoms in total. The van der Waals surface area contributed by atoms with Crippen LogP contribution in [0.5, 0.6) is 0 Å². The van der Waals surface area contributed by atoms with E-state index in [1.807, 2.05) is 20.8 Å². The number of nitrogens with zero attached hydrogens (tertiary/aromatic N) is 5. The summed E-state index contributed by atoms with van der Waals surface area (Å²) in [7, 11) is 1.73. The summed E-state index contributed by atoms with van der Waals surface area (Å²) in [4.78, 5) is 32.2. The predicted octanol–water partition coefficient (Wildman–Crippen LogP) is 1.75. The Balaban J connectivity index is 1.56. The Hall–Kier alpha value is -3.08. The van der Waals surface area contributed by atoms with Gasteiger partial charge >= 0.3 is 5.97 Å². The zero-order valence-corrected chi connectivity index (χ0v) is 16.1. The summed E-state index contributed by atoms with van der Waals surface area (Å²) in [5, 5.41) is 15.5. The third kappa shape index (κ3) is 4.37. The number of aromatic nitrogens is 6. The molecule has 2 N–H and O–H groups in total. The molecule has 0 saturated carbocycles. The number of hydrogen-bond donors (Lipinski definition) is 2. The zero-order valence-electron chi connectivity index (χ0n) is 15.3. The number of anilines is 1. The van der Waals surface area contributed by atoms with Gasteiger partial charge in [-0.15, -0.1) is 11.3 Å². The smallest absolute Gasteiger partial charge is 0.358 e. The van der Waals surface area contributed by atoms with Gasteiger partial charge in [-0.1, -0.05) is 20.8 Å². The van der Waals surface area contributed by atoms with Crippen molar-refractivity contribution in [2.24, 2.45) is 7.05 Å². The minimum absolute atomic E-state index is 0.106. The van der Waals surface area contributed by atoms with Crippen LogP contribution >= 0.6 is 11.3 Å². The number of aryl methyl sites for hydroxylation is 1. The van der Waals surface area contributed by atoms with E-state index in [2.05, 4.69) is 30.6 Å². The molecule has 27 heavy (non-hydrogen) atoms. The number of carbonyl (C=O) groups excluding carboxylic acids is 2. The van der Waals surface area contributed by atoms with Crippen molar-refractivity contribution in [3.05, 3.63) is 29.2 Å². The number of ether oxygens (including phenoxy) is 1. The van der Waals surface area contributed by atoms with E-state index in [4.69, 9.17) is 4.74 Å². The van der Waals surface area contributed by atoms with Crippen molar-refractivity contribution >= 4 is 29.0 Å². The number of nitrogens with one attached hydrogen (secondary N) is 2. The van der Waals surface area contributed by atoms with E-state index in [9.17, 15) is 9.59 Å². The third-order valence-electron chi connectivity index (χ3n) is 3.58. The van der Waals surface area contributed by atoms with Gasteiger partial charge in [-0.2, -0.15) is 10.2 Å². The van der Waals surface area contributed by atoms with E-state index in [0.717, 1.165) is 5.69 Å². The molecule has 3 aromatic rings. The normalized spacial score (nSPS) is 11.4. The van der Waals surface area contributed by atoms with Crippen LogP contribution in [0.25, 0.3) is 10.8 Å². The summed E-state index contributed by atoms with van der Waals surface area (Å²) in [5.74, 6) is -0.157. The first-order chi connectivity index (χ1) is 12.7. The molecule has 3 heterocycles. The first-order valence-corrected chi connectivity index (χ1v) is 8.95. The lowest BCUT2D eigenvalue weighted by molar-refractivity contribution is -0.119. The Morgan fingerprint density at radius 2 is 2.15 bits per heavy atom. The molecule has 1 amide bonds. The van der Waals surface area contributed by atoms with Crippen molar-refractivity contribution in [2.45, 2.75) is 26.2 Å². The molecule has 0 saturated heterocycles. The minimum atomic E-state index is -0.687. The first-order valence-electron chi connectivity index (χ1n) is 8.07. The summed E-state index contributed by atoms with van der Waals surface area (Å²) < 4.78 is 6.60. The number of rotatable bonds is 5. The average molecular weight is 389 g/mol. The molecular formula is C16H19N7O3S. The number of aromatic amines is 1. The van der Waals surface area contributed by atoms with Gasteiger partial charge in [0.25, 0.3) is 5.91 Å². The summed E-state index contributed by atoms with van der Waals surface area (Å²) in [6, 6.07) is 1.80. The zero-order chi connectivity index (χ0) is 19.6. The van der Waals surface area contributed by atoms with Gasteiger partial charge in [0.05, 0.1) is 5.69 Å². The number of amides is 1. The molecule has 0 aliphatic rings. The van der Waals surface area contributed by atoms with Crippen LogP contribution in [0.3, 0.4) is 0 Å². The van der Waals surface area contributed by atoms with Gasteiger partial charge in [0, 0.05) is 23.9 Å².